The van der Waals surface area contributed by atoms with E-state index < -0.39 is 15.7 Å². The Kier molecular flexibility index (Phi) is 8.11. The first kappa shape index (κ1) is 23.3. The van der Waals surface area contributed by atoms with Crippen LogP contribution >= 0.6 is 11.3 Å². The summed E-state index contributed by atoms with van der Waals surface area (Å²) in [6.45, 7) is 3.39. The quantitative estimate of drug-likeness (QED) is 0.429. The maximum absolute atomic E-state index is 13.6. The van der Waals surface area contributed by atoms with Crippen molar-refractivity contribution in [1.82, 2.24) is 4.57 Å². The Hall–Kier alpha value is -2.36. The summed E-state index contributed by atoms with van der Waals surface area (Å²) in [4.78, 5) is 17.0. The third-order valence-corrected chi connectivity index (χ3v) is 7.33. The first-order valence-corrected chi connectivity index (χ1v) is 12.7. The maximum atomic E-state index is 13.6. The van der Waals surface area contributed by atoms with Crippen molar-refractivity contribution in [3.8, 4) is 0 Å². The molecule has 1 heterocycles. The molecule has 3 rings (SSSR count). The molecule has 6 nitrogen and oxygen atoms in total. The fourth-order valence-electron chi connectivity index (χ4n) is 3.15. The summed E-state index contributed by atoms with van der Waals surface area (Å²) in [7, 11) is -3.31. The molecule has 3 aromatic rings. The number of ether oxygens (including phenoxy) is 1. The van der Waals surface area contributed by atoms with Crippen molar-refractivity contribution in [1.29, 1.82) is 0 Å². The minimum Gasteiger partial charge on any atom is -0.380 e. The number of rotatable bonds is 10. The molecule has 0 saturated heterocycles. The molecule has 2 aromatic carbocycles. The van der Waals surface area contributed by atoms with Gasteiger partial charge in [0.25, 0.3) is 0 Å². The molecule has 1 amide bonds. The second kappa shape index (κ2) is 10.8. The fourth-order valence-corrected chi connectivity index (χ4v) is 5.68. The van der Waals surface area contributed by atoms with E-state index >= 15 is 0 Å². The molecule has 0 fully saturated rings. The van der Waals surface area contributed by atoms with Gasteiger partial charge < -0.3 is 9.30 Å². The van der Waals surface area contributed by atoms with Crippen LogP contribution in [0.4, 0.5) is 4.39 Å². The van der Waals surface area contributed by atoms with E-state index in [1.807, 2.05) is 17.6 Å². The van der Waals surface area contributed by atoms with Crippen molar-refractivity contribution in [2.45, 2.75) is 32.1 Å². The molecule has 0 spiro atoms. The molecule has 0 unspecified atom stereocenters. The number of carbonyl (C=O) groups is 1. The largest absolute Gasteiger partial charge is 0.380 e. The molecule has 0 radical (unpaired) electrons. The van der Waals surface area contributed by atoms with Crippen LogP contribution in [-0.2, 0) is 31.7 Å². The fraction of sp³-hybridized carbons (Fsp3) is 0.364. The number of halogens is 1. The Morgan fingerprint density at radius 3 is 2.71 bits per heavy atom. The van der Waals surface area contributed by atoms with Gasteiger partial charge in [0.15, 0.2) is 14.6 Å². The Labute approximate surface area is 184 Å². The van der Waals surface area contributed by atoms with Crippen molar-refractivity contribution in [3.63, 3.8) is 0 Å². The number of carbonyl (C=O) groups excluding carboxylic acids is 1. The van der Waals surface area contributed by atoms with Crippen LogP contribution in [0.3, 0.4) is 0 Å². The third-order valence-electron chi connectivity index (χ3n) is 4.60. The Morgan fingerprint density at radius 2 is 1.97 bits per heavy atom. The van der Waals surface area contributed by atoms with E-state index in [9.17, 15) is 17.6 Å². The van der Waals surface area contributed by atoms with Gasteiger partial charge in [-0.05, 0) is 37.1 Å². The summed E-state index contributed by atoms with van der Waals surface area (Å²) in [6.07, 6.45) is 0.234. The third kappa shape index (κ3) is 6.81. The number of nitrogens with zero attached hydrogens (tertiary/aromatic N) is 2. The molecule has 31 heavy (non-hydrogen) atoms. The van der Waals surface area contributed by atoms with Crippen molar-refractivity contribution in [3.05, 3.63) is 64.7 Å². The van der Waals surface area contributed by atoms with Gasteiger partial charge in [-0.3, -0.25) is 4.79 Å². The zero-order valence-corrected chi connectivity index (χ0v) is 18.9. The van der Waals surface area contributed by atoms with Crippen LogP contribution in [0, 0.1) is 5.82 Å². The first-order chi connectivity index (χ1) is 14.9. The highest BCUT2D eigenvalue weighted by molar-refractivity contribution is 7.90. The van der Waals surface area contributed by atoms with E-state index in [0.29, 0.717) is 29.3 Å². The predicted molar refractivity (Wildman–Crippen MR) is 120 cm³/mol. The van der Waals surface area contributed by atoms with Gasteiger partial charge >= 0.3 is 0 Å². The van der Waals surface area contributed by atoms with Crippen molar-refractivity contribution < 1.29 is 22.3 Å². The van der Waals surface area contributed by atoms with Crippen molar-refractivity contribution in [2.75, 3.05) is 19.0 Å². The standard InChI is InChI=1S/C22H25FN2O4S2/c1-2-29-13-12-25-19-11-10-18(23)15-20(19)30-22(25)24-21(26)9-6-14-31(27,28)16-17-7-4-3-5-8-17/h3-5,7-8,10-11,15H,2,6,9,12-14,16H2,1H3. The maximum Gasteiger partial charge on any atom is 0.248 e. The molecule has 0 atom stereocenters. The number of hydrogen-bond donors (Lipinski definition) is 0. The smallest absolute Gasteiger partial charge is 0.248 e. The summed E-state index contributed by atoms with van der Waals surface area (Å²) < 4.78 is 46.1. The van der Waals surface area contributed by atoms with Gasteiger partial charge in [0, 0.05) is 19.6 Å². The van der Waals surface area contributed by atoms with Crippen LogP contribution < -0.4 is 4.80 Å². The number of hydrogen-bond acceptors (Lipinski definition) is 5. The summed E-state index contributed by atoms with van der Waals surface area (Å²) in [5.41, 5.74) is 1.51. The van der Waals surface area contributed by atoms with Gasteiger partial charge in [-0.15, -0.1) is 0 Å². The Morgan fingerprint density at radius 1 is 1.19 bits per heavy atom. The average Bonchev–Trinajstić information content (AvgIpc) is 3.04. The summed E-state index contributed by atoms with van der Waals surface area (Å²) in [5.74, 6) is -0.872. The van der Waals surface area contributed by atoms with Crippen molar-refractivity contribution in [2.24, 2.45) is 4.99 Å². The number of sulfone groups is 1. The van der Waals surface area contributed by atoms with Gasteiger partial charge in [-0.2, -0.15) is 4.99 Å². The van der Waals surface area contributed by atoms with E-state index in [1.165, 1.54) is 23.5 Å². The average molecular weight is 465 g/mol. The minimum absolute atomic E-state index is 0.0298. The number of thiazole rings is 1. The van der Waals surface area contributed by atoms with Crippen molar-refractivity contribution >= 4 is 37.3 Å². The molecule has 0 aliphatic carbocycles. The topological polar surface area (TPSA) is 77.7 Å². The second-order valence-electron chi connectivity index (χ2n) is 7.03. The molecular formula is C22H25FN2O4S2. The van der Waals surface area contributed by atoms with Gasteiger partial charge in [-0.25, -0.2) is 12.8 Å². The van der Waals surface area contributed by atoms with Crippen LogP contribution in [0.25, 0.3) is 10.2 Å². The van der Waals surface area contributed by atoms with E-state index in [0.717, 1.165) is 11.1 Å². The Bertz CT molecular complexity index is 1200. The normalized spacial score (nSPS) is 12.5. The molecule has 9 heteroatoms. The molecule has 0 bridgehead atoms. The van der Waals surface area contributed by atoms with Crippen LogP contribution in [-0.4, -0.2) is 37.9 Å². The lowest BCUT2D eigenvalue weighted by Gasteiger charge is -2.05. The number of benzene rings is 2. The molecule has 0 aliphatic heterocycles. The number of aromatic nitrogens is 1. The van der Waals surface area contributed by atoms with Crippen LogP contribution in [0.1, 0.15) is 25.3 Å². The van der Waals surface area contributed by atoms with Crippen LogP contribution in [0.2, 0.25) is 0 Å². The van der Waals surface area contributed by atoms with Crippen LogP contribution in [0.15, 0.2) is 53.5 Å². The van der Waals surface area contributed by atoms with E-state index in [2.05, 4.69) is 4.99 Å². The molecular weight excluding hydrogens is 439 g/mol. The summed E-state index contributed by atoms with van der Waals surface area (Å²) >= 11 is 1.23. The lowest BCUT2D eigenvalue weighted by molar-refractivity contribution is -0.118. The lowest BCUT2D eigenvalue weighted by atomic mass is 10.2. The second-order valence-corrected chi connectivity index (χ2v) is 10.2. The predicted octanol–water partition coefficient (Wildman–Crippen LogP) is 3.70. The number of amides is 1. The molecule has 0 saturated carbocycles. The summed E-state index contributed by atoms with van der Waals surface area (Å²) in [6, 6.07) is 13.4. The zero-order chi connectivity index (χ0) is 22.3. The molecule has 0 N–H and O–H groups in total. The highest BCUT2D eigenvalue weighted by Crippen LogP contribution is 2.19. The molecule has 166 valence electrons. The highest BCUT2D eigenvalue weighted by atomic mass is 32.2. The van der Waals surface area contributed by atoms with E-state index in [-0.39, 0.29) is 30.2 Å². The number of fused-ring (bicyclic) bond motifs is 1. The van der Waals surface area contributed by atoms with Gasteiger partial charge in [0.05, 0.1) is 28.3 Å². The zero-order valence-electron chi connectivity index (χ0n) is 17.3. The van der Waals surface area contributed by atoms with Gasteiger partial charge in [-0.1, -0.05) is 41.7 Å². The SMILES string of the molecule is CCOCCn1c(=NC(=O)CCCS(=O)(=O)Cc2ccccc2)sc2cc(F)ccc21. The highest BCUT2D eigenvalue weighted by Gasteiger charge is 2.14. The van der Waals surface area contributed by atoms with E-state index in [4.69, 9.17) is 4.74 Å². The van der Waals surface area contributed by atoms with Gasteiger partial charge in [0.1, 0.15) is 5.82 Å². The Balaban J connectivity index is 1.69. The molecule has 1 aromatic heterocycles. The summed E-state index contributed by atoms with van der Waals surface area (Å²) in [5, 5.41) is 0. The van der Waals surface area contributed by atoms with Gasteiger partial charge in [0.2, 0.25) is 5.91 Å². The minimum atomic E-state index is -3.31. The monoisotopic (exact) mass is 464 g/mol. The van der Waals surface area contributed by atoms with Crippen LogP contribution in [0.5, 0.6) is 0 Å². The lowest BCUT2D eigenvalue weighted by Crippen LogP contribution is -2.20. The van der Waals surface area contributed by atoms with E-state index in [1.54, 1.807) is 30.3 Å². The molecule has 0 aliphatic rings. The first-order valence-electron chi connectivity index (χ1n) is 10.1.